The predicted octanol–water partition coefficient (Wildman–Crippen LogP) is 1.87. The molecule has 124 valence electrons. The Morgan fingerprint density at radius 3 is 2.96 bits per heavy atom. The van der Waals surface area contributed by atoms with E-state index in [1.807, 2.05) is 5.01 Å². The van der Waals surface area contributed by atoms with Crippen molar-refractivity contribution in [3.05, 3.63) is 29.3 Å². The Bertz CT molecular complexity index is 617. The number of nitrogens with one attached hydrogen (secondary N) is 1. The van der Waals surface area contributed by atoms with Gasteiger partial charge in [-0.3, -0.25) is 9.80 Å². The molecule has 1 saturated heterocycles. The lowest BCUT2D eigenvalue weighted by Crippen LogP contribution is -2.43. The number of anilines is 1. The molecule has 0 bridgehead atoms. The van der Waals surface area contributed by atoms with E-state index in [2.05, 4.69) is 30.4 Å². The van der Waals surface area contributed by atoms with E-state index in [0.29, 0.717) is 13.1 Å². The van der Waals surface area contributed by atoms with E-state index >= 15 is 0 Å². The number of cyclic esters (lactones) is 1. The maximum atomic E-state index is 12.1. The summed E-state index contributed by atoms with van der Waals surface area (Å²) in [5, 5.41) is 6.35. The number of carbonyl (C=O) groups is 2. The smallest absolute Gasteiger partial charge is 0.429 e. The van der Waals surface area contributed by atoms with Gasteiger partial charge in [0.1, 0.15) is 6.10 Å². The first-order chi connectivity index (χ1) is 11.1. The van der Waals surface area contributed by atoms with Gasteiger partial charge in [-0.2, -0.15) is 0 Å². The van der Waals surface area contributed by atoms with Crippen LogP contribution < -0.4 is 10.3 Å². The summed E-state index contributed by atoms with van der Waals surface area (Å²) in [5.41, 5.74) is 3.72. The molecular weight excluding hydrogens is 294 g/mol. The van der Waals surface area contributed by atoms with Crippen LogP contribution in [0, 0.1) is 0 Å². The molecule has 1 N–H and O–H groups in total. The molecule has 2 aliphatic rings. The third kappa shape index (κ3) is 3.25. The minimum atomic E-state index is -0.342. The minimum Gasteiger partial charge on any atom is -0.441 e. The average Bonchev–Trinajstić information content (AvgIpc) is 3.08. The molecule has 23 heavy (non-hydrogen) atoms. The van der Waals surface area contributed by atoms with Gasteiger partial charge in [-0.05, 0) is 30.0 Å². The molecule has 1 fully saturated rings. The van der Waals surface area contributed by atoms with Gasteiger partial charge in [-0.15, -0.1) is 0 Å². The van der Waals surface area contributed by atoms with Crippen LogP contribution in [-0.2, 0) is 22.4 Å². The number of aryl methyl sites for hydroxylation is 1. The van der Waals surface area contributed by atoms with Crippen LogP contribution in [-0.4, -0.2) is 42.7 Å². The second-order valence-electron chi connectivity index (χ2n) is 6.11. The van der Waals surface area contributed by atoms with E-state index in [-0.39, 0.29) is 18.1 Å². The third-order valence-electron chi connectivity index (χ3n) is 4.28. The quantitative estimate of drug-likeness (QED) is 0.900. The molecule has 1 aromatic carbocycles. The second-order valence-corrected chi connectivity index (χ2v) is 6.11. The van der Waals surface area contributed by atoms with Crippen molar-refractivity contribution >= 4 is 17.7 Å². The number of fused-ring (bicyclic) bond motifs is 1. The molecule has 0 aromatic heterocycles. The lowest BCUT2D eigenvalue weighted by molar-refractivity contribution is -0.119. The fourth-order valence-electron chi connectivity index (χ4n) is 3.20. The molecule has 6 heteroatoms. The number of hydrazine groups is 1. The van der Waals surface area contributed by atoms with Crippen LogP contribution in [0.1, 0.15) is 31.4 Å². The van der Waals surface area contributed by atoms with E-state index in [1.54, 1.807) is 5.01 Å². The van der Waals surface area contributed by atoms with Crippen molar-refractivity contribution in [2.24, 2.45) is 0 Å². The topological polar surface area (TPSA) is 61.9 Å². The van der Waals surface area contributed by atoms with Crippen LogP contribution in [0.2, 0.25) is 0 Å². The summed E-state index contributed by atoms with van der Waals surface area (Å²) in [6, 6.07) is 6.48. The monoisotopic (exact) mass is 317 g/mol. The highest BCUT2D eigenvalue weighted by molar-refractivity contribution is 5.75. The lowest BCUT2D eigenvalue weighted by Gasteiger charge is -2.28. The maximum Gasteiger partial charge on any atom is 0.429 e. The zero-order chi connectivity index (χ0) is 16.4. The Morgan fingerprint density at radius 2 is 2.22 bits per heavy atom. The third-order valence-corrected chi connectivity index (χ3v) is 4.28. The van der Waals surface area contributed by atoms with Gasteiger partial charge in [0.15, 0.2) is 0 Å². The van der Waals surface area contributed by atoms with Crippen LogP contribution in [0.4, 0.5) is 10.5 Å². The minimum absolute atomic E-state index is 0.116. The molecule has 0 radical (unpaired) electrons. The molecule has 0 aliphatic carbocycles. The van der Waals surface area contributed by atoms with E-state index in [9.17, 15) is 9.59 Å². The first-order valence-corrected chi connectivity index (χ1v) is 8.20. The van der Waals surface area contributed by atoms with Crippen LogP contribution in [0.3, 0.4) is 0 Å². The first-order valence-electron chi connectivity index (χ1n) is 8.20. The fraction of sp³-hybridized carbons (Fsp3) is 0.529. The number of ether oxygens (including phenoxy) is 1. The second kappa shape index (κ2) is 6.48. The summed E-state index contributed by atoms with van der Waals surface area (Å²) in [5.74, 6) is -0.116. The summed E-state index contributed by atoms with van der Waals surface area (Å²) < 4.78 is 5.34. The summed E-state index contributed by atoms with van der Waals surface area (Å²) in [4.78, 5) is 23.1. The van der Waals surface area contributed by atoms with Gasteiger partial charge >= 0.3 is 6.09 Å². The summed E-state index contributed by atoms with van der Waals surface area (Å²) in [6.45, 7) is 5.24. The average molecular weight is 317 g/mol. The van der Waals surface area contributed by atoms with Gasteiger partial charge in [-0.1, -0.05) is 25.5 Å². The van der Waals surface area contributed by atoms with Crippen molar-refractivity contribution in [3.63, 3.8) is 0 Å². The number of benzene rings is 1. The predicted molar refractivity (Wildman–Crippen MR) is 87.1 cm³/mol. The Morgan fingerprint density at radius 1 is 1.39 bits per heavy atom. The molecule has 2 heterocycles. The highest BCUT2D eigenvalue weighted by Gasteiger charge is 2.37. The van der Waals surface area contributed by atoms with E-state index in [0.717, 1.165) is 31.5 Å². The Labute approximate surface area is 136 Å². The SMILES string of the molecule is CCCc1ccc2c(c1)CCN2N1C[C@H](CNC(C)=O)OC1=O. The van der Waals surface area contributed by atoms with Gasteiger partial charge in [0.05, 0.1) is 18.8 Å². The van der Waals surface area contributed by atoms with Gasteiger partial charge in [0.25, 0.3) is 0 Å². The molecule has 6 nitrogen and oxygen atoms in total. The Balaban J connectivity index is 1.70. The van der Waals surface area contributed by atoms with Crippen molar-refractivity contribution in [2.75, 3.05) is 24.6 Å². The van der Waals surface area contributed by atoms with Crippen LogP contribution in [0.5, 0.6) is 0 Å². The molecular formula is C17H23N3O3. The molecule has 1 atom stereocenters. The van der Waals surface area contributed by atoms with Crippen molar-refractivity contribution in [3.8, 4) is 0 Å². The van der Waals surface area contributed by atoms with Crippen molar-refractivity contribution in [1.29, 1.82) is 0 Å². The molecule has 1 aromatic rings. The van der Waals surface area contributed by atoms with E-state index < -0.39 is 0 Å². The number of carbonyl (C=O) groups excluding carboxylic acids is 2. The largest absolute Gasteiger partial charge is 0.441 e. The van der Waals surface area contributed by atoms with Gasteiger partial charge in [0, 0.05) is 13.5 Å². The molecule has 0 unspecified atom stereocenters. The number of nitrogens with zero attached hydrogens (tertiary/aromatic N) is 2. The molecule has 3 rings (SSSR count). The highest BCUT2D eigenvalue weighted by atomic mass is 16.6. The zero-order valence-electron chi connectivity index (χ0n) is 13.7. The number of hydrogen-bond donors (Lipinski definition) is 1. The molecule has 0 spiro atoms. The summed E-state index contributed by atoms with van der Waals surface area (Å²) >= 11 is 0. The van der Waals surface area contributed by atoms with Crippen LogP contribution in [0.15, 0.2) is 18.2 Å². The number of hydrogen-bond acceptors (Lipinski definition) is 4. The summed E-state index contributed by atoms with van der Waals surface area (Å²) in [6.07, 6.45) is 2.51. The summed E-state index contributed by atoms with van der Waals surface area (Å²) in [7, 11) is 0. The highest BCUT2D eigenvalue weighted by Crippen LogP contribution is 2.32. The maximum absolute atomic E-state index is 12.1. The van der Waals surface area contributed by atoms with Crippen LogP contribution in [0.25, 0.3) is 0 Å². The lowest BCUT2D eigenvalue weighted by atomic mass is 10.1. The fourth-order valence-corrected chi connectivity index (χ4v) is 3.20. The van der Waals surface area contributed by atoms with E-state index in [1.165, 1.54) is 18.1 Å². The van der Waals surface area contributed by atoms with Crippen molar-refractivity contribution < 1.29 is 14.3 Å². The molecule has 2 aliphatic heterocycles. The standard InChI is InChI=1S/C17H23N3O3/c1-3-4-13-5-6-16-14(9-13)7-8-19(16)20-11-15(23-17(20)22)10-18-12(2)21/h5-6,9,15H,3-4,7-8,10-11H2,1-2H3,(H,18,21)/t15-/m0/s1. The van der Waals surface area contributed by atoms with Gasteiger partial charge < -0.3 is 10.1 Å². The van der Waals surface area contributed by atoms with Gasteiger partial charge in [0.2, 0.25) is 5.91 Å². The van der Waals surface area contributed by atoms with Crippen molar-refractivity contribution in [1.82, 2.24) is 10.3 Å². The Hall–Kier alpha value is -2.24. The molecule has 0 saturated carbocycles. The molecule has 2 amide bonds. The van der Waals surface area contributed by atoms with Crippen LogP contribution >= 0.6 is 0 Å². The Kier molecular flexibility index (Phi) is 4.41. The van der Waals surface area contributed by atoms with Gasteiger partial charge in [-0.25, -0.2) is 9.80 Å². The normalized spacial score (nSPS) is 19.7. The number of rotatable bonds is 5. The van der Waals surface area contributed by atoms with E-state index in [4.69, 9.17) is 4.74 Å². The van der Waals surface area contributed by atoms with Crippen molar-refractivity contribution in [2.45, 2.75) is 39.2 Å². The first kappa shape index (κ1) is 15.6. The zero-order valence-corrected chi connectivity index (χ0v) is 13.7. The number of amides is 2.